The third-order valence-electron chi connectivity index (χ3n) is 6.12. The van der Waals surface area contributed by atoms with E-state index in [2.05, 4.69) is 34.9 Å². The van der Waals surface area contributed by atoms with E-state index in [1.54, 1.807) is 0 Å². The minimum Gasteiger partial charge on any atom is -0.479 e. The van der Waals surface area contributed by atoms with Gasteiger partial charge in [0.15, 0.2) is 11.5 Å². The number of halogens is 3. The molecule has 1 aliphatic rings. The van der Waals surface area contributed by atoms with Crippen LogP contribution >= 0.6 is 11.6 Å². The molecule has 4 rings (SSSR count). The first-order valence-electron chi connectivity index (χ1n) is 11.3. The Labute approximate surface area is 222 Å². The number of nitrogens with one attached hydrogen (secondary N) is 1. The lowest BCUT2D eigenvalue weighted by Crippen LogP contribution is -2.33. The molecular weight excluding hydrogens is 550 g/mol. The maximum absolute atomic E-state index is 14.1. The van der Waals surface area contributed by atoms with Crippen LogP contribution in [0, 0.1) is 0 Å². The molecule has 0 bridgehead atoms. The van der Waals surface area contributed by atoms with Crippen LogP contribution in [-0.2, 0) is 14.8 Å². The molecule has 206 valence electrons. The number of hydrogen-bond acceptors (Lipinski definition) is 11. The van der Waals surface area contributed by atoms with E-state index >= 15 is 0 Å². The van der Waals surface area contributed by atoms with Crippen molar-refractivity contribution in [2.45, 2.75) is 49.4 Å². The number of ether oxygens (including phenoxy) is 3. The summed E-state index contributed by atoms with van der Waals surface area (Å²) >= 11 is 5.84. The van der Waals surface area contributed by atoms with E-state index in [4.69, 9.17) is 25.8 Å². The Hall–Kier alpha value is -3.24. The summed E-state index contributed by atoms with van der Waals surface area (Å²) in [6.45, 7) is 1.39. The Balaban J connectivity index is 1.79. The van der Waals surface area contributed by atoms with Gasteiger partial charge in [0.2, 0.25) is 33.7 Å². The fourth-order valence-corrected chi connectivity index (χ4v) is 5.44. The first-order chi connectivity index (χ1) is 18.0. The zero-order valence-electron chi connectivity index (χ0n) is 20.8. The molecular formula is C21H25ClF2N8O5S. The number of methoxy groups -OCH3 is 3. The molecule has 3 atom stereocenters. The zero-order chi connectivity index (χ0) is 27.7. The molecule has 0 saturated heterocycles. The van der Waals surface area contributed by atoms with Crippen molar-refractivity contribution in [2.75, 3.05) is 26.1 Å². The molecule has 0 unspecified atom stereocenters. The van der Waals surface area contributed by atoms with Gasteiger partial charge in [0.25, 0.3) is 0 Å². The summed E-state index contributed by atoms with van der Waals surface area (Å²) in [6, 6.07) is 0. The molecule has 0 spiro atoms. The van der Waals surface area contributed by atoms with Gasteiger partial charge in [-0.15, -0.1) is 10.2 Å². The minimum absolute atomic E-state index is 0.0134. The lowest BCUT2D eigenvalue weighted by atomic mass is 10.1. The third kappa shape index (κ3) is 5.47. The lowest BCUT2D eigenvalue weighted by molar-refractivity contribution is 0.00749. The molecule has 1 N–H and O–H groups in total. The lowest BCUT2D eigenvalue weighted by Gasteiger charge is -2.23. The Morgan fingerprint density at radius 1 is 1.11 bits per heavy atom. The van der Waals surface area contributed by atoms with E-state index < -0.39 is 39.6 Å². The molecule has 0 radical (unpaired) electrons. The van der Waals surface area contributed by atoms with E-state index in [-0.39, 0.29) is 52.9 Å². The SMILES string of the molecule is COc1ncnc(OC)c1-n1c(NS(=O)(=O)[C@@H](C)[C@H](OC)c2ncc(Cl)cn2)nnc1[C@H]1CCC(F)(F)C1. The Kier molecular flexibility index (Phi) is 7.94. The van der Waals surface area contributed by atoms with Crippen molar-refractivity contribution in [1.82, 2.24) is 34.7 Å². The second kappa shape index (κ2) is 10.9. The summed E-state index contributed by atoms with van der Waals surface area (Å²) in [7, 11) is -0.288. The highest BCUT2D eigenvalue weighted by Crippen LogP contribution is 2.45. The second-order valence-corrected chi connectivity index (χ2v) is 11.0. The topological polar surface area (TPSA) is 156 Å². The molecule has 38 heavy (non-hydrogen) atoms. The standard InChI is InChI=1S/C21H25ClF2N8O5S/c1-11(15(35-2)16-25-8-13(22)9-26-16)38(33,34)31-20-30-29-17(12-5-6-21(23,24)7-12)32(20)14-18(36-3)27-10-28-19(14)37-4/h8-12,15H,5-7H2,1-4H3,(H,30,31)/t11-,12-,15-/m0/s1. The molecule has 13 nitrogen and oxygen atoms in total. The maximum Gasteiger partial charge on any atom is 0.248 e. The van der Waals surface area contributed by atoms with Gasteiger partial charge >= 0.3 is 0 Å². The van der Waals surface area contributed by atoms with Gasteiger partial charge in [-0.05, 0) is 13.3 Å². The third-order valence-corrected chi connectivity index (χ3v) is 8.01. The predicted octanol–water partition coefficient (Wildman–Crippen LogP) is 2.94. The summed E-state index contributed by atoms with van der Waals surface area (Å²) in [5, 5.41) is 7.10. The molecule has 1 fully saturated rings. The monoisotopic (exact) mass is 574 g/mol. The van der Waals surface area contributed by atoms with Crippen molar-refractivity contribution in [1.29, 1.82) is 0 Å². The molecule has 0 aromatic carbocycles. The predicted molar refractivity (Wildman–Crippen MR) is 130 cm³/mol. The molecule has 0 amide bonds. The summed E-state index contributed by atoms with van der Waals surface area (Å²) in [4.78, 5) is 16.2. The van der Waals surface area contributed by atoms with Gasteiger partial charge in [0, 0.05) is 38.3 Å². The highest BCUT2D eigenvalue weighted by atomic mass is 35.5. The average molecular weight is 575 g/mol. The Morgan fingerprint density at radius 3 is 2.26 bits per heavy atom. The fourth-order valence-electron chi connectivity index (χ4n) is 4.21. The molecule has 17 heteroatoms. The Morgan fingerprint density at radius 2 is 1.74 bits per heavy atom. The number of aromatic nitrogens is 7. The van der Waals surface area contributed by atoms with Crippen molar-refractivity contribution in [3.05, 3.63) is 35.4 Å². The number of sulfonamides is 1. The van der Waals surface area contributed by atoms with E-state index in [1.807, 2.05) is 0 Å². The first kappa shape index (κ1) is 27.8. The van der Waals surface area contributed by atoms with Crippen LogP contribution in [0.3, 0.4) is 0 Å². The highest BCUT2D eigenvalue weighted by molar-refractivity contribution is 7.93. The Bertz CT molecular complexity index is 1370. The van der Waals surface area contributed by atoms with Crippen LogP contribution < -0.4 is 14.2 Å². The maximum atomic E-state index is 14.1. The zero-order valence-corrected chi connectivity index (χ0v) is 22.4. The molecule has 3 aromatic heterocycles. The molecule has 1 saturated carbocycles. The average Bonchev–Trinajstić information content (AvgIpc) is 3.46. The molecule has 1 aliphatic carbocycles. The summed E-state index contributed by atoms with van der Waals surface area (Å²) in [6.07, 6.45) is 1.99. The van der Waals surface area contributed by atoms with Crippen LogP contribution in [0.1, 0.15) is 49.9 Å². The highest BCUT2D eigenvalue weighted by Gasteiger charge is 2.43. The number of rotatable bonds is 10. The van der Waals surface area contributed by atoms with Gasteiger partial charge in [-0.3, -0.25) is 9.29 Å². The van der Waals surface area contributed by atoms with Gasteiger partial charge in [-0.1, -0.05) is 11.6 Å². The smallest absolute Gasteiger partial charge is 0.248 e. The van der Waals surface area contributed by atoms with E-state index in [9.17, 15) is 17.2 Å². The van der Waals surface area contributed by atoms with Gasteiger partial charge in [-0.2, -0.15) is 9.97 Å². The van der Waals surface area contributed by atoms with Gasteiger partial charge in [-0.25, -0.2) is 27.2 Å². The van der Waals surface area contributed by atoms with Gasteiger partial charge < -0.3 is 14.2 Å². The molecule has 0 aliphatic heterocycles. The normalized spacial score (nSPS) is 18.7. The van der Waals surface area contributed by atoms with Crippen molar-refractivity contribution in [3.63, 3.8) is 0 Å². The van der Waals surface area contributed by atoms with Crippen molar-refractivity contribution >= 4 is 27.6 Å². The number of alkyl halides is 2. The van der Waals surface area contributed by atoms with Crippen LogP contribution in [0.2, 0.25) is 5.02 Å². The molecule has 3 aromatic rings. The summed E-state index contributed by atoms with van der Waals surface area (Å²) < 4.78 is 75.0. The number of hydrogen-bond donors (Lipinski definition) is 1. The minimum atomic E-state index is -4.27. The number of anilines is 1. The van der Waals surface area contributed by atoms with E-state index in [0.717, 1.165) is 0 Å². The van der Waals surface area contributed by atoms with Crippen LogP contribution in [0.5, 0.6) is 11.8 Å². The molecule has 3 heterocycles. The van der Waals surface area contributed by atoms with E-state index in [0.29, 0.717) is 0 Å². The van der Waals surface area contributed by atoms with Crippen LogP contribution in [0.15, 0.2) is 18.7 Å². The van der Waals surface area contributed by atoms with Crippen LogP contribution in [0.25, 0.3) is 5.69 Å². The van der Waals surface area contributed by atoms with Crippen molar-refractivity contribution in [3.8, 4) is 17.4 Å². The largest absolute Gasteiger partial charge is 0.479 e. The number of nitrogens with zero attached hydrogens (tertiary/aromatic N) is 7. The van der Waals surface area contributed by atoms with Crippen LogP contribution in [-0.4, -0.2) is 75.6 Å². The first-order valence-corrected chi connectivity index (χ1v) is 13.2. The summed E-state index contributed by atoms with van der Waals surface area (Å²) in [5.41, 5.74) is 0.0439. The summed E-state index contributed by atoms with van der Waals surface area (Å²) in [5.74, 6) is -3.81. The van der Waals surface area contributed by atoms with Gasteiger partial charge in [0.05, 0.1) is 19.2 Å². The fraction of sp³-hybridized carbons (Fsp3) is 0.524. The van der Waals surface area contributed by atoms with Crippen LogP contribution in [0.4, 0.5) is 14.7 Å². The van der Waals surface area contributed by atoms with Crippen molar-refractivity contribution < 1.29 is 31.4 Å². The van der Waals surface area contributed by atoms with Crippen molar-refractivity contribution in [2.24, 2.45) is 0 Å². The van der Waals surface area contributed by atoms with Gasteiger partial charge in [0.1, 0.15) is 23.5 Å². The van der Waals surface area contributed by atoms with E-state index in [1.165, 1.54) is 51.5 Å². The quantitative estimate of drug-likeness (QED) is 0.379. The second-order valence-electron chi connectivity index (χ2n) is 8.52.